The lowest BCUT2D eigenvalue weighted by Gasteiger charge is -2.36. The molecule has 0 atom stereocenters. The number of ether oxygens (including phenoxy) is 1. The van der Waals surface area contributed by atoms with Crippen molar-refractivity contribution in [2.24, 2.45) is 0 Å². The van der Waals surface area contributed by atoms with Gasteiger partial charge in [-0.15, -0.1) is 0 Å². The summed E-state index contributed by atoms with van der Waals surface area (Å²) in [6.07, 6.45) is 2.10. The third-order valence-corrected chi connectivity index (χ3v) is 6.35. The molecule has 5 rings (SSSR count). The Bertz CT molecular complexity index is 1360. The summed E-state index contributed by atoms with van der Waals surface area (Å²) in [5.74, 6) is 1.84. The average Bonchev–Trinajstić information content (AvgIpc) is 2.92. The molecule has 3 aromatic carbocycles. The number of carbonyl (C=O) groups excluding carboxylic acids is 1. The molecule has 182 valence electrons. The molecule has 1 saturated heterocycles. The number of pyridine rings is 1. The molecule has 0 bridgehead atoms. The first-order valence-electron chi connectivity index (χ1n) is 12.5. The van der Waals surface area contributed by atoms with Crippen molar-refractivity contribution in [1.82, 2.24) is 9.88 Å². The van der Waals surface area contributed by atoms with Gasteiger partial charge in [0.05, 0.1) is 11.6 Å². The molecular weight excluding hydrogens is 446 g/mol. The van der Waals surface area contributed by atoms with Crippen LogP contribution in [0.25, 0.3) is 22.6 Å². The van der Waals surface area contributed by atoms with E-state index in [1.165, 1.54) is 0 Å². The maximum absolute atomic E-state index is 13.7. The van der Waals surface area contributed by atoms with E-state index < -0.39 is 0 Å². The molecule has 0 unspecified atom stereocenters. The number of carbonyl (C=O) groups is 1. The van der Waals surface area contributed by atoms with Gasteiger partial charge in [-0.05, 0) is 61.4 Å². The van der Waals surface area contributed by atoms with Gasteiger partial charge in [0.2, 0.25) is 0 Å². The molecule has 0 N–H and O–H groups in total. The largest absolute Gasteiger partial charge is 0.491 e. The summed E-state index contributed by atoms with van der Waals surface area (Å²) in [5.41, 5.74) is 3.58. The van der Waals surface area contributed by atoms with E-state index in [1.807, 2.05) is 97.6 Å². The van der Waals surface area contributed by atoms with Crippen LogP contribution in [0.4, 0.5) is 5.82 Å². The Balaban J connectivity index is 1.33. The number of amides is 1. The van der Waals surface area contributed by atoms with Crippen LogP contribution < -0.4 is 9.64 Å². The van der Waals surface area contributed by atoms with E-state index in [1.54, 1.807) is 0 Å². The van der Waals surface area contributed by atoms with Crippen molar-refractivity contribution in [2.75, 3.05) is 31.1 Å². The number of rotatable bonds is 6. The molecule has 1 aliphatic heterocycles. The van der Waals surface area contributed by atoms with E-state index in [0.717, 1.165) is 46.7 Å². The fourth-order valence-corrected chi connectivity index (χ4v) is 4.51. The molecule has 36 heavy (non-hydrogen) atoms. The van der Waals surface area contributed by atoms with E-state index in [-0.39, 0.29) is 12.0 Å². The van der Waals surface area contributed by atoms with Crippen LogP contribution in [-0.4, -0.2) is 48.1 Å². The molecule has 1 aliphatic rings. The number of piperazine rings is 1. The Labute approximate surface area is 212 Å². The van der Waals surface area contributed by atoms with Crippen LogP contribution in [0.3, 0.4) is 0 Å². The highest BCUT2D eigenvalue weighted by Gasteiger charge is 2.25. The monoisotopic (exact) mass is 477 g/mol. The molecule has 0 radical (unpaired) electrons. The highest BCUT2D eigenvalue weighted by molar-refractivity contribution is 6.24. The fraction of sp³-hybridized carbons (Fsp3) is 0.226. The number of anilines is 1. The maximum Gasteiger partial charge on any atom is 0.254 e. The molecule has 2 heterocycles. The van der Waals surface area contributed by atoms with Crippen LogP contribution in [0.2, 0.25) is 0 Å². The summed E-state index contributed by atoms with van der Waals surface area (Å²) >= 11 is 0. The molecule has 4 aromatic rings. The van der Waals surface area contributed by atoms with Gasteiger partial charge in [-0.1, -0.05) is 60.7 Å². The molecule has 0 spiro atoms. The minimum Gasteiger partial charge on any atom is -0.491 e. The van der Waals surface area contributed by atoms with Gasteiger partial charge >= 0.3 is 0 Å². The lowest BCUT2D eigenvalue weighted by Crippen LogP contribution is -2.49. The van der Waals surface area contributed by atoms with Crippen molar-refractivity contribution in [1.29, 1.82) is 0 Å². The SMILES string of the molecule is CC(C)Oc1ccc(/C=C(/C(=O)N2CCN(c3ccc4ccccc4n3)CC2)c2ccccc2)cc1. The van der Waals surface area contributed by atoms with Crippen molar-refractivity contribution in [3.63, 3.8) is 0 Å². The molecular formula is C31H31N3O2. The zero-order chi connectivity index (χ0) is 24.9. The van der Waals surface area contributed by atoms with E-state index in [2.05, 4.69) is 23.1 Å². The first kappa shape index (κ1) is 23.6. The van der Waals surface area contributed by atoms with Crippen molar-refractivity contribution < 1.29 is 9.53 Å². The van der Waals surface area contributed by atoms with Crippen molar-refractivity contribution in [2.45, 2.75) is 20.0 Å². The molecule has 0 saturated carbocycles. The molecule has 1 fully saturated rings. The Morgan fingerprint density at radius 2 is 1.53 bits per heavy atom. The molecule has 5 heteroatoms. The summed E-state index contributed by atoms with van der Waals surface area (Å²) in [6, 6.07) is 30.1. The van der Waals surface area contributed by atoms with Crippen LogP contribution in [0, 0.1) is 0 Å². The smallest absolute Gasteiger partial charge is 0.254 e. The summed E-state index contributed by atoms with van der Waals surface area (Å²) in [4.78, 5) is 22.8. The lowest BCUT2D eigenvalue weighted by atomic mass is 10.0. The number of para-hydroxylation sites is 1. The minimum atomic E-state index is 0.0508. The number of nitrogens with zero attached hydrogens (tertiary/aromatic N) is 3. The van der Waals surface area contributed by atoms with Gasteiger partial charge in [-0.25, -0.2) is 4.98 Å². The predicted octanol–water partition coefficient (Wildman–Crippen LogP) is 5.91. The van der Waals surface area contributed by atoms with Crippen LogP contribution >= 0.6 is 0 Å². The second-order valence-corrected chi connectivity index (χ2v) is 9.30. The molecule has 0 aliphatic carbocycles. The number of aromatic nitrogens is 1. The first-order valence-corrected chi connectivity index (χ1v) is 12.5. The molecule has 1 aromatic heterocycles. The Hall–Kier alpha value is -4.12. The van der Waals surface area contributed by atoms with Gasteiger partial charge < -0.3 is 14.5 Å². The second-order valence-electron chi connectivity index (χ2n) is 9.30. The van der Waals surface area contributed by atoms with Gasteiger partial charge in [-0.2, -0.15) is 0 Å². The third kappa shape index (κ3) is 5.41. The quantitative estimate of drug-likeness (QED) is 0.256. The van der Waals surface area contributed by atoms with Gasteiger partial charge in [0.15, 0.2) is 0 Å². The Morgan fingerprint density at radius 1 is 0.833 bits per heavy atom. The number of hydrogen-bond acceptors (Lipinski definition) is 4. The minimum absolute atomic E-state index is 0.0508. The second kappa shape index (κ2) is 10.6. The summed E-state index contributed by atoms with van der Waals surface area (Å²) < 4.78 is 5.77. The normalized spacial score (nSPS) is 14.4. The lowest BCUT2D eigenvalue weighted by molar-refractivity contribution is -0.125. The highest BCUT2D eigenvalue weighted by Crippen LogP contribution is 2.25. The topological polar surface area (TPSA) is 45.7 Å². The van der Waals surface area contributed by atoms with Gasteiger partial charge in [0.1, 0.15) is 11.6 Å². The Morgan fingerprint density at radius 3 is 2.25 bits per heavy atom. The third-order valence-electron chi connectivity index (χ3n) is 6.35. The predicted molar refractivity (Wildman–Crippen MR) is 147 cm³/mol. The van der Waals surface area contributed by atoms with E-state index in [9.17, 15) is 4.79 Å². The standard InChI is InChI=1S/C31H31N3O2/c1-23(2)36-27-15-12-24(13-16-27)22-28(25-8-4-3-5-9-25)31(35)34-20-18-33(19-21-34)30-17-14-26-10-6-7-11-29(26)32-30/h3-17,22-23H,18-21H2,1-2H3/b28-22+. The van der Waals surface area contributed by atoms with Crippen LogP contribution in [0.15, 0.2) is 91.0 Å². The van der Waals surface area contributed by atoms with Crippen LogP contribution in [0.5, 0.6) is 5.75 Å². The number of fused-ring (bicyclic) bond motifs is 1. The van der Waals surface area contributed by atoms with Crippen molar-refractivity contribution in [3.05, 3.63) is 102 Å². The zero-order valence-corrected chi connectivity index (χ0v) is 20.8. The van der Waals surface area contributed by atoms with Crippen molar-refractivity contribution >= 4 is 34.3 Å². The zero-order valence-electron chi connectivity index (χ0n) is 20.8. The molecule has 5 nitrogen and oxygen atoms in total. The number of hydrogen-bond donors (Lipinski definition) is 0. The fourth-order valence-electron chi connectivity index (χ4n) is 4.51. The summed E-state index contributed by atoms with van der Waals surface area (Å²) in [7, 11) is 0. The van der Waals surface area contributed by atoms with Crippen LogP contribution in [-0.2, 0) is 4.79 Å². The van der Waals surface area contributed by atoms with Crippen molar-refractivity contribution in [3.8, 4) is 5.75 Å². The summed E-state index contributed by atoms with van der Waals surface area (Å²) in [6.45, 7) is 6.82. The number of benzene rings is 3. The van der Waals surface area contributed by atoms with E-state index in [0.29, 0.717) is 18.7 Å². The van der Waals surface area contributed by atoms with Gasteiger partial charge in [0.25, 0.3) is 5.91 Å². The first-order chi connectivity index (χ1) is 17.6. The van der Waals surface area contributed by atoms with Crippen LogP contribution in [0.1, 0.15) is 25.0 Å². The van der Waals surface area contributed by atoms with Gasteiger partial charge in [0, 0.05) is 37.1 Å². The molecule has 1 amide bonds. The highest BCUT2D eigenvalue weighted by atomic mass is 16.5. The maximum atomic E-state index is 13.7. The average molecular weight is 478 g/mol. The summed E-state index contributed by atoms with van der Waals surface area (Å²) in [5, 5.41) is 1.14. The Kier molecular flexibility index (Phi) is 6.99. The van der Waals surface area contributed by atoms with E-state index in [4.69, 9.17) is 9.72 Å². The van der Waals surface area contributed by atoms with E-state index >= 15 is 0 Å². The van der Waals surface area contributed by atoms with Gasteiger partial charge in [-0.3, -0.25) is 4.79 Å².